The van der Waals surface area contributed by atoms with E-state index in [1.807, 2.05) is 19.2 Å². The summed E-state index contributed by atoms with van der Waals surface area (Å²) in [6.07, 6.45) is 4.08. The van der Waals surface area contributed by atoms with Crippen LogP contribution in [-0.4, -0.2) is 41.7 Å². The summed E-state index contributed by atoms with van der Waals surface area (Å²) < 4.78 is 19.1. The second kappa shape index (κ2) is 7.69. The van der Waals surface area contributed by atoms with E-state index in [1.165, 1.54) is 23.0 Å². The van der Waals surface area contributed by atoms with E-state index in [-0.39, 0.29) is 28.3 Å². The van der Waals surface area contributed by atoms with Crippen molar-refractivity contribution in [2.24, 2.45) is 5.41 Å². The fourth-order valence-electron chi connectivity index (χ4n) is 4.60. The zero-order valence-corrected chi connectivity index (χ0v) is 18.0. The number of amides is 1. The molecule has 0 spiro atoms. The van der Waals surface area contributed by atoms with Crippen molar-refractivity contribution in [1.82, 2.24) is 15.2 Å². The number of thiophene rings is 1. The third-order valence-electron chi connectivity index (χ3n) is 6.66. The maximum absolute atomic E-state index is 13.4. The van der Waals surface area contributed by atoms with E-state index >= 15 is 0 Å². The Morgan fingerprint density at radius 1 is 1.38 bits per heavy atom. The highest BCUT2D eigenvalue weighted by Crippen LogP contribution is 2.45. The first-order valence-electron chi connectivity index (χ1n) is 10.2. The fourth-order valence-corrected chi connectivity index (χ4v) is 5.33. The Kier molecular flexibility index (Phi) is 5.38. The molecule has 0 aliphatic carbocycles. The van der Waals surface area contributed by atoms with E-state index in [4.69, 9.17) is 4.74 Å². The number of halogens is 1. The molecule has 2 fully saturated rings. The Hall–Kier alpha value is -1.99. The average molecular weight is 418 g/mol. The minimum atomic E-state index is -0.336. The lowest BCUT2D eigenvalue weighted by Gasteiger charge is -2.39. The number of rotatable bonds is 6. The fraction of sp³-hybridized carbons (Fsp3) is 0.545. The van der Waals surface area contributed by atoms with Gasteiger partial charge in [0, 0.05) is 34.3 Å². The molecule has 1 N–H and O–H groups in total. The van der Waals surface area contributed by atoms with E-state index < -0.39 is 0 Å². The molecule has 2 atom stereocenters. The summed E-state index contributed by atoms with van der Waals surface area (Å²) in [5.74, 6) is 0. The van der Waals surface area contributed by atoms with Crippen LogP contribution < -0.4 is 5.32 Å². The van der Waals surface area contributed by atoms with Crippen LogP contribution in [0.15, 0.2) is 30.5 Å². The molecule has 2 aliphatic rings. The zero-order valence-electron chi connectivity index (χ0n) is 17.2. The summed E-state index contributed by atoms with van der Waals surface area (Å²) in [5, 5.41) is 2.67. The maximum Gasteiger partial charge on any atom is 0.407 e. The van der Waals surface area contributed by atoms with E-state index in [9.17, 15) is 9.18 Å². The van der Waals surface area contributed by atoms with Crippen LogP contribution in [0.25, 0.3) is 0 Å². The van der Waals surface area contributed by atoms with E-state index in [2.05, 4.69) is 41.2 Å². The van der Waals surface area contributed by atoms with Gasteiger partial charge in [-0.25, -0.2) is 4.79 Å². The van der Waals surface area contributed by atoms with Gasteiger partial charge in [-0.1, -0.05) is 6.07 Å². The SMILES string of the molecule is Cc1ccc(C(C)(C)N2CC[C@@](CCc3ccc(F)s3)([C@@H]3CNC(=O)O3)C2)cn1. The van der Waals surface area contributed by atoms with Crippen LogP contribution in [0, 0.1) is 17.5 Å². The predicted molar refractivity (Wildman–Crippen MR) is 111 cm³/mol. The van der Waals surface area contributed by atoms with Gasteiger partial charge in [0.25, 0.3) is 0 Å². The summed E-state index contributed by atoms with van der Waals surface area (Å²) in [6, 6.07) is 7.59. The number of nitrogens with zero attached hydrogens (tertiary/aromatic N) is 2. The molecule has 5 nitrogen and oxygen atoms in total. The Morgan fingerprint density at radius 2 is 2.21 bits per heavy atom. The lowest BCUT2D eigenvalue weighted by Crippen LogP contribution is -2.45. The molecule has 0 aromatic carbocycles. The molecule has 156 valence electrons. The summed E-state index contributed by atoms with van der Waals surface area (Å²) in [5.41, 5.74) is 1.87. The lowest BCUT2D eigenvalue weighted by atomic mass is 9.76. The van der Waals surface area contributed by atoms with Crippen LogP contribution in [0.5, 0.6) is 0 Å². The van der Waals surface area contributed by atoms with Gasteiger partial charge in [0.2, 0.25) is 0 Å². The summed E-state index contributed by atoms with van der Waals surface area (Å²) in [7, 11) is 0. The molecule has 0 saturated carbocycles. The molecule has 0 radical (unpaired) electrons. The molecule has 2 saturated heterocycles. The molecular weight excluding hydrogens is 389 g/mol. The number of ether oxygens (including phenoxy) is 1. The van der Waals surface area contributed by atoms with E-state index in [0.29, 0.717) is 6.54 Å². The number of carbonyl (C=O) groups excluding carboxylic acids is 1. The minimum absolute atomic E-state index is 0.144. The highest BCUT2D eigenvalue weighted by molar-refractivity contribution is 7.10. The molecule has 2 aromatic rings. The highest BCUT2D eigenvalue weighted by atomic mass is 32.1. The first-order chi connectivity index (χ1) is 13.8. The Bertz CT molecular complexity index is 882. The van der Waals surface area contributed by atoms with Gasteiger partial charge in [-0.05, 0) is 70.3 Å². The predicted octanol–water partition coefficient (Wildman–Crippen LogP) is 4.26. The normalized spacial score (nSPS) is 25.2. The Labute approximate surface area is 175 Å². The van der Waals surface area contributed by atoms with Gasteiger partial charge in [0.15, 0.2) is 5.13 Å². The Morgan fingerprint density at radius 3 is 2.83 bits per heavy atom. The van der Waals surface area contributed by atoms with Crippen LogP contribution in [0.2, 0.25) is 0 Å². The van der Waals surface area contributed by atoms with Gasteiger partial charge >= 0.3 is 6.09 Å². The maximum atomic E-state index is 13.4. The van der Waals surface area contributed by atoms with Crippen molar-refractivity contribution in [3.63, 3.8) is 0 Å². The van der Waals surface area contributed by atoms with Crippen LogP contribution in [-0.2, 0) is 16.7 Å². The number of aromatic nitrogens is 1. The number of likely N-dealkylation sites (tertiary alicyclic amines) is 1. The van der Waals surface area contributed by atoms with E-state index in [0.717, 1.165) is 42.9 Å². The first kappa shape index (κ1) is 20.3. The van der Waals surface area contributed by atoms with Crippen molar-refractivity contribution >= 4 is 17.4 Å². The van der Waals surface area contributed by atoms with Gasteiger partial charge in [-0.15, -0.1) is 11.3 Å². The standard InChI is InChI=1S/C22H28FN3O2S/c1-15-4-5-16(12-24-15)21(2,3)26-11-10-22(14-26,18-13-25-20(27)28-18)9-8-17-6-7-19(23)29-17/h4-7,12,18H,8-11,13-14H2,1-3H3,(H,25,27)/t18-,22+/m0/s1. The number of carbonyl (C=O) groups is 1. The number of cyclic esters (lactones) is 1. The molecule has 4 heterocycles. The summed E-state index contributed by atoms with van der Waals surface area (Å²) in [6.45, 7) is 8.74. The van der Waals surface area contributed by atoms with Crippen LogP contribution >= 0.6 is 11.3 Å². The number of nitrogens with one attached hydrogen (secondary N) is 1. The van der Waals surface area contributed by atoms with Crippen molar-refractivity contribution in [1.29, 1.82) is 0 Å². The minimum Gasteiger partial charge on any atom is -0.444 e. The summed E-state index contributed by atoms with van der Waals surface area (Å²) >= 11 is 1.21. The Balaban J connectivity index is 1.55. The quantitative estimate of drug-likeness (QED) is 0.763. The molecule has 7 heteroatoms. The van der Waals surface area contributed by atoms with Gasteiger partial charge in [-0.2, -0.15) is 4.39 Å². The molecule has 29 heavy (non-hydrogen) atoms. The van der Waals surface area contributed by atoms with Crippen LogP contribution in [0.1, 0.15) is 42.8 Å². The number of hydrogen-bond acceptors (Lipinski definition) is 5. The first-order valence-corrected chi connectivity index (χ1v) is 11.0. The van der Waals surface area contributed by atoms with Crippen LogP contribution in [0.3, 0.4) is 0 Å². The highest BCUT2D eigenvalue weighted by Gasteiger charge is 2.51. The lowest BCUT2D eigenvalue weighted by molar-refractivity contribution is 0.0280. The van der Waals surface area contributed by atoms with Crippen molar-refractivity contribution in [2.45, 2.75) is 51.7 Å². The van der Waals surface area contributed by atoms with Gasteiger partial charge in [0.1, 0.15) is 6.10 Å². The molecule has 2 aromatic heterocycles. The third kappa shape index (κ3) is 4.03. The van der Waals surface area contributed by atoms with Crippen molar-refractivity contribution in [2.75, 3.05) is 19.6 Å². The number of pyridine rings is 1. The second-order valence-corrected chi connectivity index (χ2v) is 9.88. The largest absolute Gasteiger partial charge is 0.444 e. The second-order valence-electron chi connectivity index (χ2n) is 8.76. The zero-order chi connectivity index (χ0) is 20.6. The topological polar surface area (TPSA) is 54.5 Å². The van der Waals surface area contributed by atoms with Crippen molar-refractivity contribution < 1.29 is 13.9 Å². The number of aryl methyl sites for hydroxylation is 2. The smallest absolute Gasteiger partial charge is 0.407 e. The molecule has 0 unspecified atom stereocenters. The average Bonchev–Trinajstić information content (AvgIpc) is 3.41. The molecule has 1 amide bonds. The third-order valence-corrected chi connectivity index (χ3v) is 7.59. The summed E-state index contributed by atoms with van der Waals surface area (Å²) in [4.78, 5) is 19.8. The van der Waals surface area contributed by atoms with Gasteiger partial charge < -0.3 is 10.1 Å². The van der Waals surface area contributed by atoms with Gasteiger partial charge in [-0.3, -0.25) is 9.88 Å². The van der Waals surface area contributed by atoms with Crippen molar-refractivity contribution in [3.05, 3.63) is 51.7 Å². The van der Waals surface area contributed by atoms with E-state index in [1.54, 1.807) is 0 Å². The van der Waals surface area contributed by atoms with Gasteiger partial charge in [0.05, 0.1) is 6.54 Å². The molecule has 2 aliphatic heterocycles. The number of alkyl carbamates (subject to hydrolysis) is 1. The van der Waals surface area contributed by atoms with Crippen molar-refractivity contribution in [3.8, 4) is 0 Å². The molecule has 4 rings (SSSR count). The van der Waals surface area contributed by atoms with Crippen LogP contribution in [0.4, 0.5) is 9.18 Å². The number of hydrogen-bond donors (Lipinski definition) is 1. The molecular formula is C22H28FN3O2S. The molecule has 0 bridgehead atoms. The monoisotopic (exact) mass is 417 g/mol.